The monoisotopic (exact) mass is 354 g/mol. The smallest absolute Gasteiger partial charge is 0.128 e. The molecule has 1 aliphatic rings. The van der Waals surface area contributed by atoms with Gasteiger partial charge < -0.3 is 0 Å². The molecule has 0 aliphatic heterocycles. The number of nitrogens with two attached hydrogens (primary N) is 1. The molecule has 0 saturated heterocycles. The zero-order valence-electron chi connectivity index (χ0n) is 10.9. The van der Waals surface area contributed by atoms with Gasteiger partial charge in [0, 0.05) is 20.8 Å². The van der Waals surface area contributed by atoms with Crippen LogP contribution in [0.2, 0.25) is 0 Å². The lowest BCUT2D eigenvalue weighted by molar-refractivity contribution is 0.398. The van der Waals surface area contributed by atoms with Gasteiger partial charge in [-0.15, -0.1) is 11.3 Å². The third kappa shape index (κ3) is 2.55. The average Bonchev–Trinajstić information content (AvgIpc) is 2.92. The maximum Gasteiger partial charge on any atom is 0.128 e. The highest BCUT2D eigenvalue weighted by Crippen LogP contribution is 2.42. The van der Waals surface area contributed by atoms with Gasteiger partial charge in [-0.05, 0) is 54.5 Å². The first kappa shape index (κ1) is 14.2. The molecule has 106 valence electrons. The van der Waals surface area contributed by atoms with Crippen molar-refractivity contribution < 1.29 is 4.39 Å². The predicted octanol–water partition coefficient (Wildman–Crippen LogP) is 4.27. The fourth-order valence-electron chi connectivity index (χ4n) is 3.04. The summed E-state index contributed by atoms with van der Waals surface area (Å²) in [7, 11) is 0. The van der Waals surface area contributed by atoms with E-state index in [1.54, 1.807) is 17.4 Å². The fourth-order valence-corrected chi connectivity index (χ4v) is 4.42. The van der Waals surface area contributed by atoms with Crippen molar-refractivity contribution in [2.45, 2.75) is 31.2 Å². The maximum absolute atomic E-state index is 14.1. The van der Waals surface area contributed by atoms with E-state index in [9.17, 15) is 4.39 Å². The van der Waals surface area contributed by atoms with Crippen LogP contribution in [0.3, 0.4) is 0 Å². The van der Waals surface area contributed by atoms with Crippen LogP contribution < -0.4 is 11.3 Å². The van der Waals surface area contributed by atoms with Crippen molar-refractivity contribution in [2.24, 2.45) is 5.84 Å². The Hall–Kier alpha value is -0.750. The molecule has 1 aromatic carbocycles. The number of fused-ring (bicyclic) bond motifs is 1. The first-order valence-electron chi connectivity index (χ1n) is 6.68. The summed E-state index contributed by atoms with van der Waals surface area (Å²) in [6.07, 6.45) is 3.29. The maximum atomic E-state index is 14.1. The zero-order chi connectivity index (χ0) is 14.1. The molecule has 2 nitrogen and oxygen atoms in total. The molecule has 0 saturated carbocycles. The van der Waals surface area contributed by atoms with Gasteiger partial charge in [-0.25, -0.2) is 4.39 Å². The molecule has 1 aliphatic carbocycles. The van der Waals surface area contributed by atoms with Gasteiger partial charge in [0.25, 0.3) is 0 Å². The summed E-state index contributed by atoms with van der Waals surface area (Å²) in [5.74, 6) is 5.78. The molecular weight excluding hydrogens is 339 g/mol. The van der Waals surface area contributed by atoms with Crippen LogP contribution >= 0.6 is 27.3 Å². The van der Waals surface area contributed by atoms with Crippen molar-refractivity contribution in [3.63, 3.8) is 0 Å². The van der Waals surface area contributed by atoms with Gasteiger partial charge in [0.05, 0.1) is 6.04 Å². The molecule has 1 aromatic heterocycles. The molecule has 0 fully saturated rings. The Balaban J connectivity index is 2.01. The van der Waals surface area contributed by atoms with Gasteiger partial charge in [0.1, 0.15) is 5.82 Å². The molecular formula is C15H16BrFN2S. The van der Waals surface area contributed by atoms with Gasteiger partial charge in [-0.2, -0.15) is 0 Å². The van der Waals surface area contributed by atoms with E-state index in [0.29, 0.717) is 5.56 Å². The fraction of sp³-hybridized carbons (Fsp3) is 0.333. The van der Waals surface area contributed by atoms with Gasteiger partial charge in [-0.1, -0.05) is 15.9 Å². The van der Waals surface area contributed by atoms with E-state index in [1.807, 2.05) is 6.07 Å². The Labute approximate surface area is 130 Å². The predicted molar refractivity (Wildman–Crippen MR) is 84.2 cm³/mol. The Morgan fingerprint density at radius 2 is 2.25 bits per heavy atom. The highest BCUT2D eigenvalue weighted by Gasteiger charge is 2.30. The van der Waals surface area contributed by atoms with Gasteiger partial charge in [-0.3, -0.25) is 11.3 Å². The Morgan fingerprint density at radius 1 is 1.40 bits per heavy atom. The van der Waals surface area contributed by atoms with E-state index in [2.05, 4.69) is 32.8 Å². The highest BCUT2D eigenvalue weighted by atomic mass is 79.9. The molecule has 0 bridgehead atoms. The van der Waals surface area contributed by atoms with Crippen molar-refractivity contribution >= 4 is 27.3 Å². The second-order valence-electron chi connectivity index (χ2n) is 5.11. The molecule has 2 unspecified atom stereocenters. The summed E-state index contributed by atoms with van der Waals surface area (Å²) in [5, 5.41) is 2.12. The van der Waals surface area contributed by atoms with Crippen LogP contribution in [0, 0.1) is 5.82 Å². The lowest BCUT2D eigenvalue weighted by Gasteiger charge is -2.31. The summed E-state index contributed by atoms with van der Waals surface area (Å²) in [5.41, 5.74) is 4.78. The van der Waals surface area contributed by atoms with Crippen molar-refractivity contribution in [1.29, 1.82) is 0 Å². The summed E-state index contributed by atoms with van der Waals surface area (Å²) in [6.45, 7) is 0. The van der Waals surface area contributed by atoms with Crippen molar-refractivity contribution in [1.82, 2.24) is 5.43 Å². The third-order valence-electron chi connectivity index (χ3n) is 3.97. The number of halogens is 2. The van der Waals surface area contributed by atoms with Crippen LogP contribution in [0.15, 0.2) is 34.1 Å². The number of benzene rings is 1. The zero-order valence-corrected chi connectivity index (χ0v) is 13.3. The van der Waals surface area contributed by atoms with Crippen molar-refractivity contribution in [2.75, 3.05) is 0 Å². The molecule has 0 amide bonds. The van der Waals surface area contributed by atoms with E-state index < -0.39 is 0 Å². The molecule has 0 spiro atoms. The van der Waals surface area contributed by atoms with Crippen molar-refractivity contribution in [3.8, 4) is 0 Å². The number of hydrogen-bond donors (Lipinski definition) is 2. The minimum absolute atomic E-state index is 0.193. The van der Waals surface area contributed by atoms with E-state index in [0.717, 1.165) is 23.7 Å². The molecule has 2 atom stereocenters. The van der Waals surface area contributed by atoms with Crippen molar-refractivity contribution in [3.05, 3.63) is 55.9 Å². The van der Waals surface area contributed by atoms with Gasteiger partial charge in [0.15, 0.2) is 0 Å². The minimum atomic E-state index is -0.210. The quantitative estimate of drug-likeness (QED) is 0.637. The van der Waals surface area contributed by atoms with E-state index in [-0.39, 0.29) is 17.8 Å². The molecule has 3 rings (SSSR count). The Kier molecular flexibility index (Phi) is 4.21. The first-order valence-corrected chi connectivity index (χ1v) is 8.35. The number of nitrogens with one attached hydrogen (secondary N) is 1. The van der Waals surface area contributed by atoms with Gasteiger partial charge >= 0.3 is 0 Å². The molecule has 5 heteroatoms. The Morgan fingerprint density at radius 3 is 3.05 bits per heavy atom. The molecule has 1 heterocycles. The SMILES string of the molecule is NNC(c1cc(Br)ccc1F)C1CCCc2sccc21. The molecule has 2 aromatic rings. The van der Waals surface area contributed by atoms with Crippen LogP contribution in [0.4, 0.5) is 4.39 Å². The van der Waals surface area contributed by atoms with Crippen LogP contribution in [0.5, 0.6) is 0 Å². The minimum Gasteiger partial charge on any atom is -0.271 e. The first-order chi connectivity index (χ1) is 9.70. The lowest BCUT2D eigenvalue weighted by atomic mass is 9.80. The van der Waals surface area contributed by atoms with E-state index >= 15 is 0 Å². The van der Waals surface area contributed by atoms with E-state index in [4.69, 9.17) is 5.84 Å². The standard InChI is InChI=1S/C15H16BrFN2S/c16-9-4-5-13(17)12(8-9)15(19-18)11-2-1-3-14-10(11)6-7-20-14/h4-8,11,15,19H,1-3,18H2. The summed E-state index contributed by atoms with van der Waals surface area (Å²) in [6, 6.07) is 6.98. The molecule has 3 N–H and O–H groups in total. The number of aryl methyl sites for hydroxylation is 1. The number of hydrazine groups is 1. The summed E-state index contributed by atoms with van der Waals surface area (Å²) >= 11 is 5.20. The lowest BCUT2D eigenvalue weighted by Crippen LogP contribution is -2.34. The van der Waals surface area contributed by atoms with Crippen LogP contribution in [-0.2, 0) is 6.42 Å². The normalized spacial score (nSPS) is 19.6. The number of hydrogen-bond acceptors (Lipinski definition) is 3. The topological polar surface area (TPSA) is 38.0 Å². The second kappa shape index (κ2) is 5.93. The van der Waals surface area contributed by atoms with Crippen LogP contribution in [0.25, 0.3) is 0 Å². The number of thiophene rings is 1. The average molecular weight is 355 g/mol. The largest absolute Gasteiger partial charge is 0.271 e. The summed E-state index contributed by atoms with van der Waals surface area (Å²) in [4.78, 5) is 1.41. The highest BCUT2D eigenvalue weighted by molar-refractivity contribution is 9.10. The molecule has 20 heavy (non-hydrogen) atoms. The van der Waals surface area contributed by atoms with Crippen LogP contribution in [0.1, 0.15) is 40.8 Å². The van der Waals surface area contributed by atoms with E-state index in [1.165, 1.54) is 16.5 Å². The second-order valence-corrected chi connectivity index (χ2v) is 7.02. The Bertz CT molecular complexity index is 614. The third-order valence-corrected chi connectivity index (χ3v) is 5.46. The summed E-state index contributed by atoms with van der Waals surface area (Å²) < 4.78 is 15.0. The molecule has 0 radical (unpaired) electrons. The van der Waals surface area contributed by atoms with Gasteiger partial charge in [0.2, 0.25) is 0 Å². The number of rotatable bonds is 3. The van der Waals surface area contributed by atoms with Crippen LogP contribution in [-0.4, -0.2) is 0 Å².